The lowest BCUT2D eigenvalue weighted by Gasteiger charge is -2.54. The maximum Gasteiger partial charge on any atom is 0.309 e. The molecule has 1 aromatic rings. The number of ether oxygens (including phenoxy) is 1. The molecule has 196 valence electrons. The van der Waals surface area contributed by atoms with Crippen LogP contribution in [0.2, 0.25) is 0 Å². The molecule has 0 bridgehead atoms. The number of aliphatic hydroxyl groups is 3. The van der Waals surface area contributed by atoms with E-state index in [-0.39, 0.29) is 22.8 Å². The molecule has 5 rings (SSSR count). The summed E-state index contributed by atoms with van der Waals surface area (Å²) >= 11 is 0. The van der Waals surface area contributed by atoms with Crippen LogP contribution in [-0.4, -0.2) is 80.6 Å². The Balaban J connectivity index is 1.83. The lowest BCUT2D eigenvalue weighted by atomic mass is 9.54. The fraction of sp³-hybridized carbons (Fsp3) is 0.462. The number of primary amides is 1. The Morgan fingerprint density at radius 1 is 1.14 bits per heavy atom. The van der Waals surface area contributed by atoms with Gasteiger partial charge in [0.25, 0.3) is 5.91 Å². The van der Waals surface area contributed by atoms with Gasteiger partial charge in [-0.1, -0.05) is 19.1 Å². The molecule has 0 unspecified atom stereocenters. The highest BCUT2D eigenvalue weighted by Crippen LogP contribution is 2.57. The van der Waals surface area contributed by atoms with Gasteiger partial charge in [0, 0.05) is 11.5 Å². The van der Waals surface area contributed by atoms with E-state index in [9.17, 15) is 39.6 Å². The minimum Gasteiger partial charge on any atom is -0.508 e. The van der Waals surface area contributed by atoms with Crippen LogP contribution in [0.25, 0.3) is 5.76 Å². The zero-order chi connectivity index (χ0) is 27.1. The molecule has 37 heavy (non-hydrogen) atoms. The van der Waals surface area contributed by atoms with E-state index in [1.807, 2.05) is 0 Å². The second-order valence-corrected chi connectivity index (χ2v) is 10.5. The minimum absolute atomic E-state index is 0.0291. The number of carbonyl (C=O) groups excluding carboxylic acids is 4. The van der Waals surface area contributed by atoms with E-state index in [0.29, 0.717) is 18.4 Å². The lowest BCUT2D eigenvalue weighted by molar-refractivity contribution is -0.186. The van der Waals surface area contributed by atoms with Gasteiger partial charge in [-0.15, -0.1) is 0 Å². The molecular formula is C26H28N2O9. The number of ketones is 2. The monoisotopic (exact) mass is 512 g/mol. The first-order valence-electron chi connectivity index (χ1n) is 12.0. The van der Waals surface area contributed by atoms with Crippen molar-refractivity contribution in [2.24, 2.45) is 23.5 Å². The molecule has 11 heteroatoms. The van der Waals surface area contributed by atoms with E-state index in [1.165, 1.54) is 25.1 Å². The predicted molar refractivity (Wildman–Crippen MR) is 127 cm³/mol. The number of fused-ring (bicyclic) bond motifs is 3. The van der Waals surface area contributed by atoms with E-state index in [2.05, 4.69) is 0 Å². The first-order chi connectivity index (χ1) is 17.3. The number of hydrogen-bond donors (Lipinski definition) is 5. The van der Waals surface area contributed by atoms with Gasteiger partial charge in [0.15, 0.2) is 11.4 Å². The van der Waals surface area contributed by atoms with Crippen molar-refractivity contribution in [3.05, 3.63) is 46.2 Å². The highest BCUT2D eigenvalue weighted by molar-refractivity contribution is 6.24. The maximum absolute atomic E-state index is 14.1. The summed E-state index contributed by atoms with van der Waals surface area (Å²) in [5.41, 5.74) is 1.56. The fourth-order valence-electron chi connectivity index (χ4n) is 6.24. The lowest BCUT2D eigenvalue weighted by Crippen LogP contribution is -2.71. The number of aliphatic hydroxyl groups excluding tert-OH is 2. The number of aromatic hydroxyl groups is 1. The van der Waals surface area contributed by atoms with Crippen LogP contribution in [0, 0.1) is 17.8 Å². The number of likely N-dealkylation sites (N-methyl/N-ethyl adjacent to an activating group) is 1. The molecule has 0 heterocycles. The number of phenols is 1. The van der Waals surface area contributed by atoms with Crippen LogP contribution in [0.15, 0.2) is 35.1 Å². The van der Waals surface area contributed by atoms with E-state index in [1.54, 1.807) is 19.1 Å². The number of rotatable bonds is 4. The Kier molecular flexibility index (Phi) is 5.50. The van der Waals surface area contributed by atoms with Crippen LogP contribution in [0.5, 0.6) is 5.75 Å². The first kappa shape index (κ1) is 25.0. The van der Waals surface area contributed by atoms with Gasteiger partial charge in [-0.2, -0.15) is 0 Å². The summed E-state index contributed by atoms with van der Waals surface area (Å²) in [5.74, 6) is -9.83. The molecule has 1 aromatic carbocycles. The number of carbonyl (C=O) groups is 4. The Morgan fingerprint density at radius 2 is 1.78 bits per heavy atom. The van der Waals surface area contributed by atoms with Crippen molar-refractivity contribution in [3.63, 3.8) is 0 Å². The molecule has 6 N–H and O–H groups in total. The SMILES string of the molecule is C[C@@H]1c2cccc(O)c2C(O)=C2C(=O)[C@@]3(O)C(O)=C(C(N)=O)C(=O)[C@@H](N(C)C)[C@@H]3[C@@H](OC(=O)C3CC3)[C@@H]21. The van der Waals surface area contributed by atoms with Crippen molar-refractivity contribution in [3.8, 4) is 5.75 Å². The molecule has 0 aliphatic heterocycles. The molecule has 0 radical (unpaired) electrons. The Labute approximate surface area is 211 Å². The number of amides is 1. The third-order valence-electron chi connectivity index (χ3n) is 8.13. The second kappa shape index (κ2) is 8.15. The zero-order valence-electron chi connectivity index (χ0n) is 20.5. The van der Waals surface area contributed by atoms with E-state index in [4.69, 9.17) is 10.5 Å². The Hall–Kier alpha value is -3.70. The fourth-order valence-corrected chi connectivity index (χ4v) is 6.24. The number of Topliss-reactive ketones (excluding diaryl/α,β-unsaturated/α-hetero) is 2. The van der Waals surface area contributed by atoms with Gasteiger partial charge in [0.1, 0.15) is 28.9 Å². The van der Waals surface area contributed by atoms with Gasteiger partial charge >= 0.3 is 5.97 Å². The number of nitrogens with zero attached hydrogens (tertiary/aromatic N) is 1. The first-order valence-corrected chi connectivity index (χ1v) is 12.0. The van der Waals surface area contributed by atoms with E-state index < -0.39 is 76.0 Å². The van der Waals surface area contributed by atoms with Crippen LogP contribution in [-0.2, 0) is 23.9 Å². The summed E-state index contributed by atoms with van der Waals surface area (Å²) in [6, 6.07) is 3.15. The maximum atomic E-state index is 14.1. The quantitative estimate of drug-likeness (QED) is 0.280. The second-order valence-electron chi connectivity index (χ2n) is 10.5. The van der Waals surface area contributed by atoms with Crippen molar-refractivity contribution in [1.29, 1.82) is 0 Å². The average Bonchev–Trinajstić information content (AvgIpc) is 3.66. The van der Waals surface area contributed by atoms with E-state index in [0.717, 1.165) is 0 Å². The summed E-state index contributed by atoms with van der Waals surface area (Å²) in [7, 11) is 2.96. The topological polar surface area (TPSA) is 188 Å². The molecule has 0 aromatic heterocycles. The standard InChI is InChI=1S/C26H28N2O9/c1-9-11-5-4-6-12(29)14(11)19(30)15-13(9)21(37-25(35)10-7-8-10)17-18(28(2)3)20(31)16(24(27)34)23(33)26(17,36)22(15)32/h4-6,9-10,13,17-18,21,29-30,33,36H,7-8H2,1-3H3,(H2,27,34)/t9-,13-,17-,18+,21+,26-/m1/s1. The zero-order valence-corrected chi connectivity index (χ0v) is 20.5. The highest BCUT2D eigenvalue weighted by atomic mass is 16.5. The average molecular weight is 513 g/mol. The van der Waals surface area contributed by atoms with Gasteiger partial charge in [-0.25, -0.2) is 0 Å². The van der Waals surface area contributed by atoms with Gasteiger partial charge in [-0.3, -0.25) is 24.1 Å². The molecule has 2 saturated carbocycles. The number of nitrogens with two attached hydrogens (primary N) is 1. The molecule has 11 nitrogen and oxygen atoms in total. The van der Waals surface area contributed by atoms with Crippen LogP contribution in [0.1, 0.15) is 36.8 Å². The number of benzene rings is 1. The minimum atomic E-state index is -2.93. The summed E-state index contributed by atoms with van der Waals surface area (Å²) in [6.07, 6.45) is -0.180. The highest BCUT2D eigenvalue weighted by Gasteiger charge is 2.69. The third-order valence-corrected chi connectivity index (χ3v) is 8.13. The summed E-state index contributed by atoms with van der Waals surface area (Å²) in [4.78, 5) is 54.0. The molecular weight excluding hydrogens is 484 g/mol. The summed E-state index contributed by atoms with van der Waals surface area (Å²) in [5, 5.41) is 44.8. The van der Waals surface area contributed by atoms with Crippen LogP contribution in [0.3, 0.4) is 0 Å². The van der Waals surface area contributed by atoms with Gasteiger partial charge in [0.2, 0.25) is 5.78 Å². The largest absolute Gasteiger partial charge is 0.508 e. The summed E-state index contributed by atoms with van der Waals surface area (Å²) in [6.45, 7) is 1.71. The van der Waals surface area contributed by atoms with Crippen molar-refractivity contribution >= 4 is 29.2 Å². The van der Waals surface area contributed by atoms with Gasteiger partial charge < -0.3 is 30.9 Å². The molecule has 0 saturated heterocycles. The third kappa shape index (κ3) is 3.27. The molecule has 4 aliphatic carbocycles. The van der Waals surface area contributed by atoms with Crippen molar-refractivity contribution in [1.82, 2.24) is 4.90 Å². The normalized spacial score (nSPS) is 33.2. The van der Waals surface area contributed by atoms with Crippen molar-refractivity contribution < 1.29 is 44.3 Å². The molecule has 6 atom stereocenters. The Morgan fingerprint density at radius 3 is 2.35 bits per heavy atom. The van der Waals surface area contributed by atoms with Crippen molar-refractivity contribution in [2.45, 2.75) is 43.4 Å². The molecule has 1 amide bonds. The van der Waals surface area contributed by atoms with Crippen molar-refractivity contribution in [2.75, 3.05) is 14.1 Å². The van der Waals surface area contributed by atoms with Gasteiger partial charge in [0.05, 0.1) is 23.4 Å². The van der Waals surface area contributed by atoms with Crippen LogP contribution >= 0.6 is 0 Å². The van der Waals surface area contributed by atoms with Crippen LogP contribution in [0.4, 0.5) is 0 Å². The van der Waals surface area contributed by atoms with Crippen LogP contribution < -0.4 is 5.73 Å². The number of esters is 1. The number of phenolic OH excluding ortho intramolecular Hbond substituents is 1. The summed E-state index contributed by atoms with van der Waals surface area (Å²) < 4.78 is 5.92. The Bertz CT molecular complexity index is 1330. The molecule has 0 spiro atoms. The molecule has 4 aliphatic rings. The smallest absolute Gasteiger partial charge is 0.309 e. The molecule has 2 fully saturated rings. The number of hydrogen-bond acceptors (Lipinski definition) is 10. The predicted octanol–water partition coefficient (Wildman–Crippen LogP) is 0.457. The van der Waals surface area contributed by atoms with E-state index >= 15 is 0 Å². The van der Waals surface area contributed by atoms with Gasteiger partial charge in [-0.05, 0) is 44.5 Å².